The predicted octanol–water partition coefficient (Wildman–Crippen LogP) is -0.0379. The SMILES string of the molecule is CC1NNC(C2CC2)C1C(=O)O. The third-order valence-electron chi connectivity index (χ3n) is 2.82. The molecule has 1 heterocycles. The fourth-order valence-corrected chi connectivity index (χ4v) is 1.95. The third kappa shape index (κ3) is 1.21. The molecule has 0 aromatic carbocycles. The highest BCUT2D eigenvalue weighted by Gasteiger charge is 2.46. The summed E-state index contributed by atoms with van der Waals surface area (Å²) in [5, 5.41) is 8.95. The van der Waals surface area contributed by atoms with Crippen molar-refractivity contribution < 1.29 is 9.90 Å². The Morgan fingerprint density at radius 1 is 1.42 bits per heavy atom. The third-order valence-corrected chi connectivity index (χ3v) is 2.82. The highest BCUT2D eigenvalue weighted by molar-refractivity contribution is 5.72. The van der Waals surface area contributed by atoms with E-state index < -0.39 is 5.97 Å². The molecule has 12 heavy (non-hydrogen) atoms. The minimum Gasteiger partial charge on any atom is -0.481 e. The van der Waals surface area contributed by atoms with Crippen molar-refractivity contribution in [3.63, 3.8) is 0 Å². The van der Waals surface area contributed by atoms with Crippen LogP contribution in [0, 0.1) is 11.8 Å². The van der Waals surface area contributed by atoms with Gasteiger partial charge in [-0.1, -0.05) is 0 Å². The zero-order valence-corrected chi connectivity index (χ0v) is 7.08. The molecular formula is C8H14N2O2. The molecule has 68 valence electrons. The molecule has 2 rings (SSSR count). The van der Waals surface area contributed by atoms with Gasteiger partial charge in [-0.25, -0.2) is 0 Å². The summed E-state index contributed by atoms with van der Waals surface area (Å²) in [7, 11) is 0. The topological polar surface area (TPSA) is 61.4 Å². The lowest BCUT2D eigenvalue weighted by atomic mass is 9.92. The lowest BCUT2D eigenvalue weighted by Gasteiger charge is -2.15. The van der Waals surface area contributed by atoms with Crippen LogP contribution in [0.5, 0.6) is 0 Å². The first-order valence-electron chi connectivity index (χ1n) is 4.44. The molecule has 0 radical (unpaired) electrons. The summed E-state index contributed by atoms with van der Waals surface area (Å²) in [4.78, 5) is 10.9. The number of carbonyl (C=O) groups is 1. The van der Waals surface area contributed by atoms with Gasteiger partial charge in [-0.05, 0) is 25.7 Å². The summed E-state index contributed by atoms with van der Waals surface area (Å²) in [5.74, 6) is -0.349. The molecule has 1 aliphatic heterocycles. The van der Waals surface area contributed by atoms with Crippen molar-refractivity contribution in [2.75, 3.05) is 0 Å². The number of hydrazine groups is 1. The van der Waals surface area contributed by atoms with Gasteiger partial charge in [-0.3, -0.25) is 15.6 Å². The smallest absolute Gasteiger partial charge is 0.309 e. The molecule has 2 fully saturated rings. The summed E-state index contributed by atoms with van der Waals surface area (Å²) in [6.07, 6.45) is 2.35. The van der Waals surface area contributed by atoms with Crippen LogP contribution in [0.25, 0.3) is 0 Å². The van der Waals surface area contributed by atoms with E-state index in [1.165, 1.54) is 12.8 Å². The molecule has 0 aromatic rings. The van der Waals surface area contributed by atoms with Crippen molar-refractivity contribution in [2.24, 2.45) is 11.8 Å². The number of hydrogen-bond donors (Lipinski definition) is 3. The van der Waals surface area contributed by atoms with Crippen LogP contribution in [-0.2, 0) is 4.79 Å². The number of nitrogens with one attached hydrogen (secondary N) is 2. The minimum atomic E-state index is -0.683. The second kappa shape index (κ2) is 2.71. The first-order chi connectivity index (χ1) is 5.70. The Hall–Kier alpha value is -0.610. The molecule has 1 aliphatic carbocycles. The van der Waals surface area contributed by atoms with Crippen molar-refractivity contribution in [1.82, 2.24) is 10.9 Å². The van der Waals surface area contributed by atoms with E-state index in [1.54, 1.807) is 0 Å². The van der Waals surface area contributed by atoms with Crippen LogP contribution in [0.15, 0.2) is 0 Å². The van der Waals surface area contributed by atoms with Crippen LogP contribution in [0.3, 0.4) is 0 Å². The Labute approximate surface area is 71.3 Å². The van der Waals surface area contributed by atoms with Gasteiger partial charge in [0, 0.05) is 12.1 Å². The molecule has 4 heteroatoms. The van der Waals surface area contributed by atoms with Crippen molar-refractivity contribution in [2.45, 2.75) is 31.8 Å². The summed E-state index contributed by atoms with van der Waals surface area (Å²) in [5.41, 5.74) is 6.06. The molecule has 0 spiro atoms. The molecule has 2 aliphatic rings. The fourth-order valence-electron chi connectivity index (χ4n) is 1.95. The number of rotatable bonds is 2. The van der Waals surface area contributed by atoms with Gasteiger partial charge in [0.15, 0.2) is 0 Å². The van der Waals surface area contributed by atoms with Gasteiger partial charge in [-0.2, -0.15) is 0 Å². The Morgan fingerprint density at radius 3 is 2.58 bits per heavy atom. The monoisotopic (exact) mass is 170 g/mol. The van der Waals surface area contributed by atoms with Gasteiger partial charge in [0.05, 0.1) is 5.92 Å². The zero-order valence-electron chi connectivity index (χ0n) is 7.08. The molecule has 3 unspecified atom stereocenters. The molecular weight excluding hydrogens is 156 g/mol. The largest absolute Gasteiger partial charge is 0.481 e. The molecule has 1 saturated carbocycles. The maximum absolute atomic E-state index is 10.9. The van der Waals surface area contributed by atoms with Crippen LogP contribution in [0.2, 0.25) is 0 Å². The zero-order chi connectivity index (χ0) is 8.72. The van der Waals surface area contributed by atoms with Crippen LogP contribution < -0.4 is 10.9 Å². The average molecular weight is 170 g/mol. The molecule has 3 atom stereocenters. The second-order valence-corrected chi connectivity index (χ2v) is 3.80. The van der Waals surface area contributed by atoms with E-state index in [4.69, 9.17) is 5.11 Å². The van der Waals surface area contributed by atoms with E-state index in [0.717, 1.165) is 0 Å². The van der Waals surface area contributed by atoms with Crippen molar-refractivity contribution >= 4 is 5.97 Å². The van der Waals surface area contributed by atoms with Crippen molar-refractivity contribution in [1.29, 1.82) is 0 Å². The second-order valence-electron chi connectivity index (χ2n) is 3.80. The molecule has 3 N–H and O–H groups in total. The van der Waals surface area contributed by atoms with Crippen LogP contribution >= 0.6 is 0 Å². The van der Waals surface area contributed by atoms with Gasteiger partial charge in [0.25, 0.3) is 0 Å². The molecule has 1 saturated heterocycles. The summed E-state index contributed by atoms with van der Waals surface area (Å²) >= 11 is 0. The standard InChI is InChI=1S/C8H14N2O2/c1-4-6(8(11)12)7(10-9-4)5-2-3-5/h4-7,9-10H,2-3H2,1H3,(H,11,12). The first kappa shape index (κ1) is 8.01. The van der Waals surface area contributed by atoms with Gasteiger partial charge >= 0.3 is 5.97 Å². The summed E-state index contributed by atoms with van der Waals surface area (Å²) in [6.45, 7) is 1.91. The number of carboxylic acid groups (broad SMARTS) is 1. The lowest BCUT2D eigenvalue weighted by Crippen LogP contribution is -2.35. The minimum absolute atomic E-state index is 0.0492. The molecule has 0 bridgehead atoms. The van der Waals surface area contributed by atoms with Crippen LogP contribution in [0.4, 0.5) is 0 Å². The molecule has 4 nitrogen and oxygen atoms in total. The lowest BCUT2D eigenvalue weighted by molar-refractivity contribution is -0.142. The maximum Gasteiger partial charge on any atom is 0.309 e. The maximum atomic E-state index is 10.9. The number of carboxylic acids is 1. The van der Waals surface area contributed by atoms with Gasteiger partial charge in [-0.15, -0.1) is 0 Å². The Morgan fingerprint density at radius 2 is 2.08 bits per heavy atom. The Balaban J connectivity index is 2.07. The van der Waals surface area contributed by atoms with Gasteiger partial charge in [0.1, 0.15) is 0 Å². The van der Waals surface area contributed by atoms with E-state index in [0.29, 0.717) is 5.92 Å². The predicted molar refractivity (Wildman–Crippen MR) is 43.4 cm³/mol. The Bertz CT molecular complexity index is 203. The van der Waals surface area contributed by atoms with Crippen molar-refractivity contribution in [3.05, 3.63) is 0 Å². The Kier molecular flexibility index (Phi) is 1.81. The highest BCUT2D eigenvalue weighted by Crippen LogP contribution is 2.38. The van der Waals surface area contributed by atoms with E-state index in [2.05, 4.69) is 10.9 Å². The summed E-state index contributed by atoms with van der Waals surface area (Å²) in [6, 6.07) is 0.200. The van der Waals surface area contributed by atoms with Gasteiger partial charge in [0.2, 0.25) is 0 Å². The van der Waals surface area contributed by atoms with E-state index >= 15 is 0 Å². The quantitative estimate of drug-likeness (QED) is 0.544. The number of aliphatic carboxylic acids is 1. The summed E-state index contributed by atoms with van der Waals surface area (Å²) < 4.78 is 0. The normalized spacial score (nSPS) is 41.6. The van der Waals surface area contributed by atoms with Crippen LogP contribution in [-0.4, -0.2) is 23.2 Å². The molecule has 0 amide bonds. The van der Waals surface area contributed by atoms with E-state index in [9.17, 15) is 4.79 Å². The van der Waals surface area contributed by atoms with E-state index in [1.807, 2.05) is 6.92 Å². The average Bonchev–Trinajstić information content (AvgIpc) is 2.75. The van der Waals surface area contributed by atoms with E-state index in [-0.39, 0.29) is 18.0 Å². The number of hydrogen-bond acceptors (Lipinski definition) is 3. The van der Waals surface area contributed by atoms with Gasteiger partial charge < -0.3 is 5.11 Å². The molecule has 0 aromatic heterocycles. The highest BCUT2D eigenvalue weighted by atomic mass is 16.4. The fraction of sp³-hybridized carbons (Fsp3) is 0.875. The van der Waals surface area contributed by atoms with Crippen LogP contribution in [0.1, 0.15) is 19.8 Å². The van der Waals surface area contributed by atoms with Crippen molar-refractivity contribution in [3.8, 4) is 0 Å². The first-order valence-corrected chi connectivity index (χ1v) is 4.44.